The summed E-state index contributed by atoms with van der Waals surface area (Å²) < 4.78 is 20.6. The van der Waals surface area contributed by atoms with Crippen LogP contribution in [0.15, 0.2) is 0 Å². The highest BCUT2D eigenvalue weighted by Gasteiger charge is 2.53. The minimum absolute atomic E-state index is 0.238. The second-order valence-electron chi connectivity index (χ2n) is 5.11. The van der Waals surface area contributed by atoms with Gasteiger partial charge in [-0.25, -0.2) is 0 Å². The summed E-state index contributed by atoms with van der Waals surface area (Å²) >= 11 is 4.71. The van der Waals surface area contributed by atoms with Crippen molar-refractivity contribution < 1.29 is 38.1 Å². The third kappa shape index (κ3) is 5.83. The van der Waals surface area contributed by atoms with Crippen molar-refractivity contribution in [1.82, 2.24) is 5.32 Å². The van der Waals surface area contributed by atoms with E-state index in [1.54, 1.807) is 0 Å². The van der Waals surface area contributed by atoms with Gasteiger partial charge in [0, 0.05) is 20.8 Å². The predicted molar refractivity (Wildman–Crippen MR) is 84.4 cm³/mol. The van der Waals surface area contributed by atoms with Gasteiger partial charge in [-0.15, -0.1) is 0 Å². The maximum Gasteiger partial charge on any atom is 0.303 e. The average Bonchev–Trinajstić information content (AvgIpc) is 2.42. The zero-order valence-corrected chi connectivity index (χ0v) is 14.5. The van der Waals surface area contributed by atoms with E-state index >= 15 is 0 Å². The smallest absolute Gasteiger partial charge is 0.303 e. The number of hydrogen-bond acceptors (Lipinski definition) is 9. The van der Waals surface area contributed by atoms with Crippen LogP contribution < -0.4 is 16.8 Å². The molecule has 5 atom stereocenters. The monoisotopic (exact) mass is 377 g/mol. The molecular formula is C13H19N3O8S. The molecule has 0 unspecified atom stereocenters. The Morgan fingerprint density at radius 3 is 1.72 bits per heavy atom. The van der Waals surface area contributed by atoms with Crippen LogP contribution in [0.3, 0.4) is 0 Å². The molecule has 0 aliphatic carbocycles. The quantitative estimate of drug-likeness (QED) is 0.270. The summed E-state index contributed by atoms with van der Waals surface area (Å²) in [6.07, 6.45) is -6.92. The molecule has 1 heterocycles. The first-order valence-electron chi connectivity index (χ1n) is 7.05. The van der Waals surface area contributed by atoms with Crippen LogP contribution in [0.25, 0.3) is 0 Å². The van der Waals surface area contributed by atoms with Crippen LogP contribution in [0.2, 0.25) is 0 Å². The van der Waals surface area contributed by atoms with E-state index in [0.29, 0.717) is 0 Å². The normalized spacial score (nSPS) is 28.4. The van der Waals surface area contributed by atoms with Crippen LogP contribution in [0, 0.1) is 0 Å². The molecule has 0 bridgehead atoms. The summed E-state index contributed by atoms with van der Waals surface area (Å²) in [4.78, 5) is 45.9. The van der Waals surface area contributed by atoms with Crippen LogP contribution >= 0.6 is 12.2 Å². The van der Waals surface area contributed by atoms with Gasteiger partial charge in [-0.3, -0.25) is 19.2 Å². The fraction of sp³-hybridized carbons (Fsp3) is 0.615. The fourth-order valence-electron chi connectivity index (χ4n) is 2.30. The van der Waals surface area contributed by atoms with Crippen molar-refractivity contribution in [2.24, 2.45) is 11.5 Å². The molecule has 1 rings (SSSR count). The molecule has 12 heteroatoms. The highest BCUT2D eigenvalue weighted by molar-refractivity contribution is 7.80. The van der Waals surface area contributed by atoms with E-state index in [-0.39, 0.29) is 5.11 Å². The lowest BCUT2D eigenvalue weighted by Crippen LogP contribution is -2.67. The molecule has 1 fully saturated rings. The van der Waals surface area contributed by atoms with Crippen LogP contribution in [0.4, 0.5) is 0 Å². The van der Waals surface area contributed by atoms with Gasteiger partial charge in [0.25, 0.3) is 5.91 Å². The maximum absolute atomic E-state index is 11.7. The summed E-state index contributed by atoms with van der Waals surface area (Å²) in [7, 11) is 0. The zero-order valence-electron chi connectivity index (χ0n) is 13.7. The number of thiocarbonyl (C=S) groups is 1. The maximum atomic E-state index is 11.7. The predicted octanol–water partition coefficient (Wildman–Crippen LogP) is -2.18. The second kappa shape index (κ2) is 8.58. The summed E-state index contributed by atoms with van der Waals surface area (Å²) in [5, 5.41) is 2.23. The third-order valence-electron chi connectivity index (χ3n) is 3.01. The van der Waals surface area contributed by atoms with Gasteiger partial charge >= 0.3 is 17.9 Å². The van der Waals surface area contributed by atoms with Gasteiger partial charge in [-0.05, 0) is 12.2 Å². The van der Waals surface area contributed by atoms with Gasteiger partial charge in [0.05, 0.1) is 0 Å². The lowest BCUT2D eigenvalue weighted by molar-refractivity contribution is -0.245. The molecule has 1 aliphatic rings. The molecule has 1 saturated heterocycles. The molecule has 140 valence electrons. The van der Waals surface area contributed by atoms with Gasteiger partial charge in [0.15, 0.2) is 35.8 Å². The minimum Gasteiger partial charge on any atom is -0.455 e. The van der Waals surface area contributed by atoms with Crippen molar-refractivity contribution in [2.75, 3.05) is 0 Å². The summed E-state index contributed by atoms with van der Waals surface area (Å²) in [6, 6.07) is 0. The Labute approximate surface area is 148 Å². The van der Waals surface area contributed by atoms with E-state index in [1.165, 1.54) is 0 Å². The van der Waals surface area contributed by atoms with E-state index in [4.69, 9.17) is 42.6 Å². The zero-order chi connectivity index (χ0) is 19.3. The first kappa shape index (κ1) is 20.6. The topological polar surface area (TPSA) is 169 Å². The average molecular weight is 377 g/mol. The van der Waals surface area contributed by atoms with Crippen molar-refractivity contribution in [3.05, 3.63) is 0 Å². The molecule has 5 N–H and O–H groups in total. The van der Waals surface area contributed by atoms with E-state index in [9.17, 15) is 19.2 Å². The van der Waals surface area contributed by atoms with Gasteiger partial charge in [-0.2, -0.15) is 0 Å². The van der Waals surface area contributed by atoms with Crippen LogP contribution in [-0.4, -0.2) is 59.6 Å². The van der Waals surface area contributed by atoms with Crippen molar-refractivity contribution >= 4 is 41.1 Å². The van der Waals surface area contributed by atoms with Crippen LogP contribution in [0.5, 0.6) is 0 Å². The number of nitrogens with one attached hydrogen (secondary N) is 1. The van der Waals surface area contributed by atoms with Gasteiger partial charge in [0.1, 0.15) is 0 Å². The van der Waals surface area contributed by atoms with Crippen molar-refractivity contribution in [1.29, 1.82) is 0 Å². The molecule has 11 nitrogen and oxygen atoms in total. The van der Waals surface area contributed by atoms with Crippen LogP contribution in [0.1, 0.15) is 20.8 Å². The van der Waals surface area contributed by atoms with Crippen LogP contribution in [-0.2, 0) is 38.1 Å². The largest absolute Gasteiger partial charge is 0.455 e. The SMILES string of the molecule is CC(=O)O[C@@H]1[C@@H](OC(C)=O)[C@H](NC(N)=S)O[C@H](C(N)=O)[C@H]1OC(C)=O. The molecule has 0 aromatic heterocycles. The second-order valence-corrected chi connectivity index (χ2v) is 5.55. The Morgan fingerprint density at radius 1 is 0.880 bits per heavy atom. The minimum atomic E-state index is -1.51. The van der Waals surface area contributed by atoms with Crippen molar-refractivity contribution in [2.45, 2.75) is 51.4 Å². The highest BCUT2D eigenvalue weighted by Crippen LogP contribution is 2.27. The Kier molecular flexibility index (Phi) is 7.06. The van der Waals surface area contributed by atoms with Gasteiger partial charge in [0.2, 0.25) is 0 Å². The first-order chi connectivity index (χ1) is 11.5. The number of ether oxygens (including phenoxy) is 4. The number of esters is 3. The molecule has 1 amide bonds. The highest BCUT2D eigenvalue weighted by atomic mass is 32.1. The molecule has 0 radical (unpaired) electrons. The number of carbonyl (C=O) groups is 4. The molecular weight excluding hydrogens is 358 g/mol. The lowest BCUT2D eigenvalue weighted by atomic mass is 9.96. The fourth-order valence-corrected chi connectivity index (χ4v) is 2.41. The molecule has 0 saturated carbocycles. The number of amides is 1. The Bertz CT molecular complexity index is 584. The Balaban J connectivity index is 3.33. The number of nitrogens with two attached hydrogens (primary N) is 2. The summed E-state index contributed by atoms with van der Waals surface area (Å²) in [6.45, 7) is 3.26. The Morgan fingerprint density at radius 2 is 1.32 bits per heavy atom. The lowest BCUT2D eigenvalue weighted by Gasteiger charge is -2.43. The van der Waals surface area contributed by atoms with Gasteiger partial charge in [-0.1, -0.05) is 0 Å². The van der Waals surface area contributed by atoms with E-state index in [0.717, 1.165) is 20.8 Å². The van der Waals surface area contributed by atoms with Gasteiger partial charge < -0.3 is 35.7 Å². The van der Waals surface area contributed by atoms with Crippen molar-refractivity contribution in [3.8, 4) is 0 Å². The summed E-state index contributed by atoms with van der Waals surface area (Å²) in [5.41, 5.74) is 10.7. The molecule has 0 aromatic rings. The molecule has 0 aromatic carbocycles. The van der Waals surface area contributed by atoms with E-state index in [1.807, 2.05) is 0 Å². The number of carbonyl (C=O) groups excluding carboxylic acids is 4. The van der Waals surface area contributed by atoms with Crippen molar-refractivity contribution in [3.63, 3.8) is 0 Å². The summed E-state index contributed by atoms with van der Waals surface area (Å²) in [5.74, 6) is -3.32. The number of primary amides is 1. The van der Waals surface area contributed by atoms with E-state index < -0.39 is 54.5 Å². The molecule has 0 spiro atoms. The number of rotatable bonds is 5. The molecule has 1 aliphatic heterocycles. The third-order valence-corrected chi connectivity index (χ3v) is 3.13. The first-order valence-corrected chi connectivity index (χ1v) is 7.46. The molecule has 25 heavy (non-hydrogen) atoms. The Hall–Kier alpha value is -2.47. The number of hydrogen-bond donors (Lipinski definition) is 3. The van der Waals surface area contributed by atoms with E-state index in [2.05, 4.69) is 5.32 Å². The standard InChI is InChI=1S/C13H19N3O8S/c1-4(17)21-7-8(22-5(2)18)10(23-6(3)19)12(16-13(15)25)24-9(7)11(14)20/h7-10,12H,1-3H3,(H2,14,20)(H3,15,16,25)/t7-,8-,9-,10+,12+/m0/s1.